The van der Waals surface area contributed by atoms with Crippen molar-refractivity contribution in [2.75, 3.05) is 6.54 Å². The lowest BCUT2D eigenvalue weighted by Gasteiger charge is -2.24. The van der Waals surface area contributed by atoms with E-state index in [4.69, 9.17) is 0 Å². The van der Waals surface area contributed by atoms with E-state index in [2.05, 4.69) is 5.32 Å². The highest BCUT2D eigenvalue weighted by molar-refractivity contribution is 5.78. The molecule has 3 nitrogen and oxygen atoms in total. The van der Waals surface area contributed by atoms with Crippen LogP contribution in [0.15, 0.2) is 78.9 Å². The number of carbonyl (C=O) groups excluding carboxylic acids is 1. The minimum absolute atomic E-state index is 0.0950. The molecule has 0 saturated heterocycles. The Balaban J connectivity index is 1.60. The summed E-state index contributed by atoms with van der Waals surface area (Å²) in [6.45, 7) is 1.76. The predicted molar refractivity (Wildman–Crippen MR) is 105 cm³/mol. The van der Waals surface area contributed by atoms with Crippen molar-refractivity contribution in [1.29, 1.82) is 0 Å². The van der Waals surface area contributed by atoms with E-state index in [-0.39, 0.29) is 24.7 Å². The van der Waals surface area contributed by atoms with Crippen molar-refractivity contribution in [1.82, 2.24) is 5.32 Å². The minimum atomic E-state index is -1.19. The van der Waals surface area contributed by atoms with Gasteiger partial charge in [-0.15, -0.1) is 0 Å². The van der Waals surface area contributed by atoms with E-state index in [1.807, 2.05) is 54.6 Å². The maximum Gasteiger partial charge on any atom is 0.224 e. The number of nitrogens with one attached hydrogen (secondary N) is 1. The van der Waals surface area contributed by atoms with Crippen LogP contribution in [0.5, 0.6) is 0 Å². The molecule has 138 valence electrons. The molecule has 2 N–H and O–H groups in total. The molecular weight excluding hydrogens is 341 g/mol. The summed E-state index contributed by atoms with van der Waals surface area (Å²) in [4.78, 5) is 12.1. The van der Waals surface area contributed by atoms with Crippen LogP contribution in [0.1, 0.15) is 18.1 Å². The van der Waals surface area contributed by atoms with Gasteiger partial charge in [0.15, 0.2) is 0 Å². The van der Waals surface area contributed by atoms with Crippen LogP contribution in [-0.4, -0.2) is 17.6 Å². The number of carbonyl (C=O) groups is 1. The van der Waals surface area contributed by atoms with Gasteiger partial charge in [-0.1, -0.05) is 66.7 Å². The average molecular weight is 363 g/mol. The molecule has 0 unspecified atom stereocenters. The molecule has 3 rings (SSSR count). The van der Waals surface area contributed by atoms with Crippen LogP contribution in [0.4, 0.5) is 4.39 Å². The Morgan fingerprint density at radius 1 is 0.926 bits per heavy atom. The second kappa shape index (κ2) is 8.14. The molecule has 0 spiro atoms. The van der Waals surface area contributed by atoms with E-state index < -0.39 is 5.60 Å². The van der Waals surface area contributed by atoms with Crippen molar-refractivity contribution < 1.29 is 14.3 Å². The molecule has 0 radical (unpaired) electrons. The first kappa shape index (κ1) is 18.8. The normalized spacial score (nSPS) is 13.0. The first-order valence-corrected chi connectivity index (χ1v) is 8.83. The van der Waals surface area contributed by atoms with Crippen molar-refractivity contribution in [2.45, 2.75) is 18.9 Å². The van der Waals surface area contributed by atoms with Crippen LogP contribution in [-0.2, 0) is 16.8 Å². The Morgan fingerprint density at radius 3 is 2.15 bits per heavy atom. The summed E-state index contributed by atoms with van der Waals surface area (Å²) >= 11 is 0. The monoisotopic (exact) mass is 363 g/mol. The molecule has 1 amide bonds. The molecule has 0 saturated carbocycles. The SMILES string of the molecule is C[C@](O)(CNC(=O)Cc1ccc(F)cc1)c1ccc(-c2ccccc2)cc1. The average Bonchev–Trinajstić information content (AvgIpc) is 2.69. The molecule has 0 aromatic heterocycles. The van der Waals surface area contributed by atoms with Crippen LogP contribution < -0.4 is 5.32 Å². The minimum Gasteiger partial charge on any atom is -0.384 e. The summed E-state index contributed by atoms with van der Waals surface area (Å²) in [5, 5.41) is 13.5. The molecule has 1 atom stereocenters. The number of aliphatic hydroxyl groups is 1. The van der Waals surface area contributed by atoms with E-state index >= 15 is 0 Å². The zero-order valence-corrected chi connectivity index (χ0v) is 15.2. The lowest BCUT2D eigenvalue weighted by Crippen LogP contribution is -2.39. The summed E-state index contributed by atoms with van der Waals surface area (Å²) < 4.78 is 12.9. The van der Waals surface area contributed by atoms with E-state index in [0.717, 1.165) is 22.3 Å². The number of halogens is 1. The van der Waals surface area contributed by atoms with Crippen LogP contribution in [0.3, 0.4) is 0 Å². The Hall–Kier alpha value is -2.98. The summed E-state index contributed by atoms with van der Waals surface area (Å²) in [5.41, 5.74) is 2.44. The van der Waals surface area contributed by atoms with Crippen molar-refractivity contribution in [3.63, 3.8) is 0 Å². The fourth-order valence-corrected chi connectivity index (χ4v) is 2.88. The molecule has 3 aromatic rings. The standard InChI is InChI=1S/C23H22FNO2/c1-23(27,16-25-22(26)15-17-7-13-21(24)14-8-17)20-11-9-19(10-12-20)18-5-3-2-4-6-18/h2-14,27H,15-16H2,1H3,(H,25,26)/t23-/m0/s1. The number of benzene rings is 3. The van der Waals surface area contributed by atoms with E-state index in [0.29, 0.717) is 0 Å². The lowest BCUT2D eigenvalue weighted by molar-refractivity contribution is -0.121. The van der Waals surface area contributed by atoms with Gasteiger partial charge in [-0.2, -0.15) is 0 Å². The van der Waals surface area contributed by atoms with E-state index in [9.17, 15) is 14.3 Å². The smallest absolute Gasteiger partial charge is 0.224 e. The van der Waals surface area contributed by atoms with Gasteiger partial charge in [-0.25, -0.2) is 4.39 Å². The second-order valence-corrected chi connectivity index (χ2v) is 6.80. The lowest BCUT2D eigenvalue weighted by atomic mass is 9.93. The van der Waals surface area contributed by atoms with Gasteiger partial charge in [0.25, 0.3) is 0 Å². The highest BCUT2D eigenvalue weighted by atomic mass is 19.1. The summed E-state index contributed by atoms with van der Waals surface area (Å²) in [7, 11) is 0. The fourth-order valence-electron chi connectivity index (χ4n) is 2.88. The van der Waals surface area contributed by atoms with Crippen LogP contribution in [0, 0.1) is 5.82 Å². The first-order chi connectivity index (χ1) is 12.9. The van der Waals surface area contributed by atoms with Gasteiger partial charge >= 0.3 is 0 Å². The molecule has 0 aliphatic carbocycles. The van der Waals surface area contributed by atoms with Gasteiger partial charge < -0.3 is 10.4 Å². The second-order valence-electron chi connectivity index (χ2n) is 6.80. The summed E-state index contributed by atoms with van der Waals surface area (Å²) in [6.07, 6.45) is 0.142. The van der Waals surface area contributed by atoms with E-state index in [1.165, 1.54) is 12.1 Å². The fraction of sp³-hybridized carbons (Fsp3) is 0.174. The topological polar surface area (TPSA) is 49.3 Å². The summed E-state index contributed by atoms with van der Waals surface area (Å²) in [6, 6.07) is 23.5. The Labute approximate surface area is 158 Å². The highest BCUT2D eigenvalue weighted by Gasteiger charge is 2.23. The zero-order chi connectivity index (χ0) is 19.3. The predicted octanol–water partition coefficient (Wildman–Crippen LogP) is 4.06. The van der Waals surface area contributed by atoms with Gasteiger partial charge in [0.05, 0.1) is 13.0 Å². The van der Waals surface area contributed by atoms with Gasteiger partial charge in [0, 0.05) is 0 Å². The Morgan fingerprint density at radius 2 is 1.52 bits per heavy atom. The first-order valence-electron chi connectivity index (χ1n) is 8.83. The van der Waals surface area contributed by atoms with Crippen molar-refractivity contribution in [2.24, 2.45) is 0 Å². The third kappa shape index (κ3) is 5.02. The Kier molecular flexibility index (Phi) is 5.67. The van der Waals surface area contributed by atoms with Gasteiger partial charge in [0.1, 0.15) is 11.4 Å². The van der Waals surface area contributed by atoms with Crippen LogP contribution >= 0.6 is 0 Å². The highest BCUT2D eigenvalue weighted by Crippen LogP contribution is 2.24. The molecule has 3 aromatic carbocycles. The Bertz CT molecular complexity index is 888. The number of amides is 1. The molecule has 0 aliphatic heterocycles. The third-order valence-corrected chi connectivity index (χ3v) is 4.52. The molecular formula is C23H22FNO2. The largest absolute Gasteiger partial charge is 0.384 e. The van der Waals surface area contributed by atoms with Crippen LogP contribution in [0.25, 0.3) is 11.1 Å². The van der Waals surface area contributed by atoms with Gasteiger partial charge in [-0.3, -0.25) is 4.79 Å². The molecule has 0 bridgehead atoms. The zero-order valence-electron chi connectivity index (χ0n) is 15.2. The van der Waals surface area contributed by atoms with Crippen LogP contribution in [0.2, 0.25) is 0 Å². The molecule has 4 heteroatoms. The molecule has 0 fully saturated rings. The van der Waals surface area contributed by atoms with Gasteiger partial charge in [-0.05, 0) is 41.3 Å². The maximum atomic E-state index is 12.9. The van der Waals surface area contributed by atoms with Crippen molar-refractivity contribution in [3.05, 3.63) is 95.8 Å². The number of hydrogen-bond donors (Lipinski definition) is 2. The number of hydrogen-bond acceptors (Lipinski definition) is 2. The molecule has 27 heavy (non-hydrogen) atoms. The quantitative estimate of drug-likeness (QED) is 0.694. The summed E-state index contributed by atoms with van der Waals surface area (Å²) in [5.74, 6) is -0.552. The van der Waals surface area contributed by atoms with Crippen molar-refractivity contribution in [3.8, 4) is 11.1 Å². The maximum absolute atomic E-state index is 12.9. The van der Waals surface area contributed by atoms with Gasteiger partial charge in [0.2, 0.25) is 5.91 Å². The van der Waals surface area contributed by atoms with E-state index in [1.54, 1.807) is 19.1 Å². The third-order valence-electron chi connectivity index (χ3n) is 4.52. The molecule has 0 heterocycles. The molecule has 0 aliphatic rings. The van der Waals surface area contributed by atoms with Crippen molar-refractivity contribution >= 4 is 5.91 Å². The number of rotatable bonds is 6.